The Morgan fingerprint density at radius 1 is 0.351 bits per heavy atom. The predicted octanol–water partition coefficient (Wildman–Crippen LogP) is 23.9. The number of anilines is 4. The van der Waals surface area contributed by atoms with Crippen LogP contribution in [0.25, 0.3) is 32.3 Å². The Hall–Kier alpha value is -9.41. The molecular formula is C69H42BCl10N10O7. The maximum atomic E-state index is 13.7. The van der Waals surface area contributed by atoms with Crippen LogP contribution in [0.1, 0.15) is 31.1 Å². The van der Waals surface area contributed by atoms with E-state index in [0.717, 1.165) is 0 Å². The Morgan fingerprint density at radius 3 is 1.03 bits per heavy atom. The first kappa shape index (κ1) is 71.9. The van der Waals surface area contributed by atoms with Gasteiger partial charge in [-0.05, 0) is 125 Å². The van der Waals surface area contributed by atoms with E-state index in [9.17, 15) is 29.7 Å². The number of ether oxygens (including phenoxy) is 1. The summed E-state index contributed by atoms with van der Waals surface area (Å²) in [6.07, 6.45) is 0. The number of benzene rings is 12. The van der Waals surface area contributed by atoms with Crippen LogP contribution in [0.2, 0.25) is 50.2 Å². The number of halogens is 10. The summed E-state index contributed by atoms with van der Waals surface area (Å²) >= 11 is 61.3. The van der Waals surface area contributed by atoms with E-state index in [0.29, 0.717) is 85.3 Å². The van der Waals surface area contributed by atoms with Crippen LogP contribution < -0.4 is 26.8 Å². The number of phenols is 3. The van der Waals surface area contributed by atoms with Crippen LogP contribution in [-0.4, -0.2) is 41.5 Å². The number of nitrogens with two attached hydrogens (primary N) is 2. The van der Waals surface area contributed by atoms with Gasteiger partial charge in [0.2, 0.25) is 0 Å². The van der Waals surface area contributed by atoms with Gasteiger partial charge in [-0.1, -0.05) is 207 Å². The van der Waals surface area contributed by atoms with Crippen LogP contribution >= 0.6 is 116 Å². The molecule has 12 aromatic carbocycles. The Kier molecular flexibility index (Phi) is 23.8. The van der Waals surface area contributed by atoms with Crippen LogP contribution in [0.4, 0.5) is 56.9 Å². The second-order valence-corrected chi connectivity index (χ2v) is 24.4. The van der Waals surface area contributed by atoms with Crippen LogP contribution in [-0.2, 0) is 0 Å². The lowest BCUT2D eigenvalue weighted by molar-refractivity contribution is 0.0731. The van der Waals surface area contributed by atoms with Gasteiger partial charge in [-0.15, -0.1) is 30.7 Å². The average Bonchev–Trinajstić information content (AvgIpc) is 0.825. The topological polar surface area (TPSA) is 271 Å². The Bertz CT molecular complexity index is 4930. The lowest BCUT2D eigenvalue weighted by Crippen LogP contribution is -2.14. The number of carbonyl (C=O) groups is 3. The second kappa shape index (κ2) is 32.1. The van der Waals surface area contributed by atoms with E-state index in [1.807, 2.05) is 12.1 Å². The maximum Gasteiger partial charge on any atom is 0.347 e. The van der Waals surface area contributed by atoms with Gasteiger partial charge in [0.15, 0.2) is 17.2 Å². The number of phenolic OH excluding ortho intramolecular Hbond substituents is 3. The molecule has 97 heavy (non-hydrogen) atoms. The van der Waals surface area contributed by atoms with Crippen molar-refractivity contribution >= 4 is 231 Å². The van der Waals surface area contributed by atoms with Crippen molar-refractivity contribution in [1.29, 1.82) is 0 Å². The predicted molar refractivity (Wildman–Crippen MR) is 394 cm³/mol. The number of hydrogen-bond acceptors (Lipinski definition) is 15. The van der Waals surface area contributed by atoms with E-state index >= 15 is 0 Å². The molecule has 0 unspecified atom stereocenters. The fraction of sp³-hybridized carbons (Fsp3) is 0. The van der Waals surface area contributed by atoms with Gasteiger partial charge in [0.05, 0.1) is 69.0 Å². The van der Waals surface area contributed by atoms with Crippen LogP contribution in [0.3, 0.4) is 0 Å². The molecule has 28 heteroatoms. The maximum absolute atomic E-state index is 13.7. The van der Waals surface area contributed by atoms with Gasteiger partial charge in [0.25, 0.3) is 11.8 Å². The average molecular weight is 1490 g/mol. The number of carbonyl (C=O) groups excluding carboxylic acids is 3. The quantitative estimate of drug-likeness (QED) is 0.0201. The molecule has 0 heterocycles. The normalized spacial score (nSPS) is 11.1. The highest BCUT2D eigenvalue weighted by Crippen LogP contribution is 2.45. The summed E-state index contributed by atoms with van der Waals surface area (Å²) in [4.78, 5) is 40.0. The fourth-order valence-corrected chi connectivity index (χ4v) is 10.8. The van der Waals surface area contributed by atoms with Crippen molar-refractivity contribution in [3.8, 4) is 23.0 Å². The van der Waals surface area contributed by atoms with Gasteiger partial charge in [0.1, 0.15) is 45.4 Å². The molecule has 0 spiro atoms. The molecule has 2 amide bonds. The minimum absolute atomic E-state index is 0. The molecule has 9 N–H and O–H groups in total. The lowest BCUT2D eigenvalue weighted by Gasteiger charge is -2.15. The van der Waals surface area contributed by atoms with Crippen LogP contribution in [0.15, 0.2) is 231 Å². The van der Waals surface area contributed by atoms with Crippen molar-refractivity contribution in [2.24, 2.45) is 30.7 Å². The molecule has 0 aliphatic heterocycles. The minimum Gasteiger partial charge on any atom is -0.505 e. The number of nitrogens with zero attached hydrogens (tertiary/aromatic N) is 6. The summed E-state index contributed by atoms with van der Waals surface area (Å²) in [5.74, 6) is -3.09. The summed E-state index contributed by atoms with van der Waals surface area (Å²) < 4.78 is 5.37. The molecule has 3 radical (unpaired) electrons. The lowest BCUT2D eigenvalue weighted by atomic mass is 10.0. The summed E-state index contributed by atoms with van der Waals surface area (Å²) in [7, 11) is 0. The zero-order valence-corrected chi connectivity index (χ0v) is 56.8. The second-order valence-electron chi connectivity index (χ2n) is 20.2. The molecule has 0 bridgehead atoms. The van der Waals surface area contributed by atoms with Gasteiger partial charge in [-0.3, -0.25) is 9.59 Å². The SMILES string of the molecule is Nc1cc(Cl)c(N)cc1Cl.O=C(Nc1cc(Cl)c(NC(=O)c2cc3ccccc3c(N=Nc3cc(Cl)ccc3Cl)c2O)cc1Cl)c1cc2ccccc2c(N=Nc2cc(Cl)ccc2Cl)c1O.O=C(Oc1ccccc1)c1cc2ccccc2c(N=Nc2cc(Cl)ccc2Cl)c1O.[B]. The first-order valence-electron chi connectivity index (χ1n) is 27.7. The highest BCUT2D eigenvalue weighted by Gasteiger charge is 2.24. The first-order valence-corrected chi connectivity index (χ1v) is 31.5. The molecule has 483 valence electrons. The van der Waals surface area contributed by atoms with E-state index < -0.39 is 29.3 Å². The Labute approximate surface area is 603 Å². The summed E-state index contributed by atoms with van der Waals surface area (Å²) in [6, 6.07) is 54.1. The zero-order valence-electron chi connectivity index (χ0n) is 49.2. The van der Waals surface area contributed by atoms with Crippen molar-refractivity contribution in [2.75, 3.05) is 22.1 Å². The van der Waals surface area contributed by atoms with Crippen molar-refractivity contribution in [2.45, 2.75) is 0 Å². The molecule has 0 aliphatic rings. The van der Waals surface area contributed by atoms with Gasteiger partial charge >= 0.3 is 5.97 Å². The third-order valence-electron chi connectivity index (χ3n) is 13.8. The molecule has 0 saturated heterocycles. The van der Waals surface area contributed by atoms with E-state index in [2.05, 4.69) is 41.3 Å². The molecule has 12 aromatic rings. The monoisotopic (exact) mass is 1480 g/mol. The Balaban J connectivity index is 0.000000223. The third-order valence-corrected chi connectivity index (χ3v) is 16.8. The van der Waals surface area contributed by atoms with E-state index in [4.69, 9.17) is 132 Å². The summed E-state index contributed by atoms with van der Waals surface area (Å²) in [6.45, 7) is 0. The van der Waals surface area contributed by atoms with Crippen molar-refractivity contribution < 1.29 is 34.4 Å². The van der Waals surface area contributed by atoms with Crippen molar-refractivity contribution in [1.82, 2.24) is 0 Å². The minimum atomic E-state index is -0.748. The van der Waals surface area contributed by atoms with E-state index in [1.165, 1.54) is 48.5 Å². The zero-order chi connectivity index (χ0) is 68.5. The molecule has 0 aliphatic carbocycles. The molecule has 12 rings (SSSR count). The van der Waals surface area contributed by atoms with Crippen LogP contribution in [0.5, 0.6) is 23.0 Å². The molecule has 0 saturated carbocycles. The smallest absolute Gasteiger partial charge is 0.347 e. The number of esters is 1. The number of amides is 2. The number of nitrogens with one attached hydrogen (secondary N) is 2. The van der Waals surface area contributed by atoms with Crippen molar-refractivity contribution in [3.05, 3.63) is 267 Å². The Morgan fingerprint density at radius 2 is 0.670 bits per heavy atom. The molecular weight excluding hydrogens is 1450 g/mol. The van der Waals surface area contributed by atoms with E-state index in [1.54, 1.807) is 140 Å². The number of azo groups is 3. The number of nitrogen functional groups attached to an aromatic ring is 2. The number of fused-ring (bicyclic) bond motifs is 3. The highest BCUT2D eigenvalue weighted by atomic mass is 35.5. The van der Waals surface area contributed by atoms with Crippen molar-refractivity contribution in [3.63, 3.8) is 0 Å². The molecule has 17 nitrogen and oxygen atoms in total. The highest BCUT2D eigenvalue weighted by molar-refractivity contribution is 6.39. The van der Waals surface area contributed by atoms with Gasteiger partial charge in [0, 0.05) is 39.6 Å². The summed E-state index contributed by atoms with van der Waals surface area (Å²) in [5.41, 5.74) is 12.6. The number of para-hydroxylation sites is 1. The van der Waals surface area contributed by atoms with Gasteiger partial charge in [-0.25, -0.2) is 4.79 Å². The third kappa shape index (κ3) is 17.2. The van der Waals surface area contributed by atoms with Crippen LogP contribution in [0, 0.1) is 0 Å². The van der Waals surface area contributed by atoms with Gasteiger partial charge in [-0.2, -0.15) is 0 Å². The standard InChI is InChI=1S/C40H22Cl6N6O4.C23H14Cl2N2O3.C6H6Cl2N2.B/c41-21-9-11-27(43)33(15-21)49-51-35-23-7-3-1-5-19(23)13-25(37(35)53)39(55)47-31-17-30(46)32(18-29(31)45)48-40(56)26-14-20-6-2-4-8-24(20)36(38(26)54)52-50-34-16-22(42)10-12-28(34)44;24-15-10-11-19(25)20(13-15)26-27-21-17-9-5-4-6-14(17)12-18(22(21)28)23(29)30-16-7-2-1-3-8-16;7-3-1-5(9)4(8)2-6(3)10;/h1-18,53-54H,(H,47,55)(H,48,56);1-13,28H;1-2H,9-10H2;. The largest absolute Gasteiger partial charge is 0.505 e. The van der Waals surface area contributed by atoms with E-state index in [-0.39, 0.29) is 90.8 Å². The molecule has 0 fully saturated rings. The summed E-state index contributed by atoms with van der Waals surface area (Å²) in [5, 5.41) is 70.4. The number of aromatic hydroxyl groups is 3. The fourth-order valence-electron chi connectivity index (χ4n) is 9.10. The first-order chi connectivity index (χ1) is 46.0. The number of hydrogen-bond donors (Lipinski definition) is 7. The molecule has 0 aromatic heterocycles. The number of rotatable bonds is 12. The van der Waals surface area contributed by atoms with Gasteiger partial charge < -0.3 is 42.2 Å². The molecule has 0 atom stereocenters.